The monoisotopic (exact) mass is 379 g/mol. The van der Waals surface area contributed by atoms with Crippen LogP contribution >= 0.6 is 0 Å². The Labute approximate surface area is 164 Å². The van der Waals surface area contributed by atoms with E-state index in [1.54, 1.807) is 44.4 Å². The molecule has 0 radical (unpaired) electrons. The highest BCUT2D eigenvalue weighted by Gasteiger charge is 2.22. The van der Waals surface area contributed by atoms with Gasteiger partial charge in [-0.2, -0.15) is 0 Å². The van der Waals surface area contributed by atoms with Gasteiger partial charge in [0.05, 0.1) is 22.6 Å². The van der Waals surface area contributed by atoms with Crippen molar-refractivity contribution >= 4 is 17.0 Å². The topological polar surface area (TPSA) is 73.2 Å². The van der Waals surface area contributed by atoms with Crippen molar-refractivity contribution in [2.45, 2.75) is 46.3 Å². The van der Waals surface area contributed by atoms with Gasteiger partial charge in [0, 0.05) is 0 Å². The zero-order valence-corrected chi connectivity index (χ0v) is 16.8. The number of hydrogen-bond acceptors (Lipinski definition) is 4. The molecule has 28 heavy (non-hydrogen) atoms. The molecule has 2 aromatic carbocycles. The van der Waals surface area contributed by atoms with Gasteiger partial charge in [-0.05, 0) is 58.9 Å². The number of benzene rings is 2. The van der Waals surface area contributed by atoms with Crippen molar-refractivity contribution in [1.29, 1.82) is 0 Å². The van der Waals surface area contributed by atoms with E-state index in [0.29, 0.717) is 22.4 Å². The molecule has 0 aliphatic carbocycles. The molecule has 0 saturated carbocycles. The highest BCUT2D eigenvalue weighted by molar-refractivity contribution is 5.78. The molecule has 1 amide bonds. The van der Waals surface area contributed by atoms with Crippen molar-refractivity contribution in [1.82, 2.24) is 14.9 Å². The second-order valence-electron chi connectivity index (χ2n) is 7.83. The summed E-state index contributed by atoms with van der Waals surface area (Å²) in [5.74, 6) is 0.443. The maximum Gasteiger partial charge on any atom is 0.408 e. The van der Waals surface area contributed by atoms with E-state index in [4.69, 9.17) is 4.74 Å². The molecule has 0 saturated heterocycles. The van der Waals surface area contributed by atoms with Gasteiger partial charge in [-0.3, -0.25) is 9.36 Å². The summed E-state index contributed by atoms with van der Waals surface area (Å²) < 4.78 is 6.89. The molecule has 1 heterocycles. The van der Waals surface area contributed by atoms with Crippen LogP contribution in [0.4, 0.5) is 4.79 Å². The number of nitrogens with zero attached hydrogens (tertiary/aromatic N) is 2. The fraction of sp³-hybridized carbons (Fsp3) is 0.318. The van der Waals surface area contributed by atoms with E-state index >= 15 is 0 Å². The Morgan fingerprint density at radius 1 is 1.11 bits per heavy atom. The van der Waals surface area contributed by atoms with Crippen molar-refractivity contribution in [2.75, 3.05) is 0 Å². The number of alkyl carbamates (subject to hydrolysis) is 1. The predicted octanol–water partition coefficient (Wildman–Crippen LogP) is 4.28. The van der Waals surface area contributed by atoms with Crippen LogP contribution in [0.3, 0.4) is 0 Å². The third kappa shape index (κ3) is 4.22. The second kappa shape index (κ2) is 7.46. The van der Waals surface area contributed by atoms with E-state index in [-0.39, 0.29) is 5.56 Å². The van der Waals surface area contributed by atoms with Gasteiger partial charge in [0.1, 0.15) is 11.4 Å². The van der Waals surface area contributed by atoms with E-state index in [0.717, 1.165) is 5.56 Å². The van der Waals surface area contributed by atoms with Gasteiger partial charge >= 0.3 is 6.09 Å². The number of carbonyl (C=O) groups is 1. The first-order chi connectivity index (χ1) is 13.2. The largest absolute Gasteiger partial charge is 0.444 e. The van der Waals surface area contributed by atoms with Gasteiger partial charge in [0.15, 0.2) is 0 Å². The summed E-state index contributed by atoms with van der Waals surface area (Å²) in [7, 11) is 0. The molecule has 1 aromatic heterocycles. The Bertz CT molecular complexity index is 1060. The Hall–Kier alpha value is -3.15. The number of para-hydroxylation sites is 1. The maximum atomic E-state index is 13.2. The molecule has 1 N–H and O–H groups in total. The standard InChI is InChI=1S/C22H25N3O3/c1-14-10-12-16(13-11-14)25-19(15(2)23-21(27)28-22(3,4)5)24-18-9-7-6-8-17(18)20(25)26/h6-13,15H,1-5H3,(H,23,27). The summed E-state index contributed by atoms with van der Waals surface area (Å²) in [6.45, 7) is 9.17. The molecular formula is C22H25N3O3. The third-order valence-electron chi connectivity index (χ3n) is 4.21. The average molecular weight is 379 g/mol. The van der Waals surface area contributed by atoms with Crippen LogP contribution in [0.5, 0.6) is 0 Å². The molecule has 1 unspecified atom stereocenters. The van der Waals surface area contributed by atoms with Gasteiger partial charge in [-0.25, -0.2) is 9.78 Å². The molecule has 3 aromatic rings. The first-order valence-corrected chi connectivity index (χ1v) is 9.24. The molecule has 1 atom stereocenters. The quantitative estimate of drug-likeness (QED) is 0.737. The average Bonchev–Trinajstić information content (AvgIpc) is 2.61. The summed E-state index contributed by atoms with van der Waals surface area (Å²) in [5, 5.41) is 3.31. The van der Waals surface area contributed by atoms with Crippen LogP contribution in [0.2, 0.25) is 0 Å². The van der Waals surface area contributed by atoms with Gasteiger partial charge in [-0.15, -0.1) is 0 Å². The molecular weight excluding hydrogens is 354 g/mol. The highest BCUT2D eigenvalue weighted by atomic mass is 16.6. The number of hydrogen-bond donors (Lipinski definition) is 1. The predicted molar refractivity (Wildman–Crippen MR) is 110 cm³/mol. The first kappa shape index (κ1) is 19.6. The molecule has 6 nitrogen and oxygen atoms in total. The van der Waals surface area contributed by atoms with Crippen LogP contribution in [-0.4, -0.2) is 21.2 Å². The van der Waals surface area contributed by atoms with Gasteiger partial charge in [-0.1, -0.05) is 29.8 Å². The zero-order valence-electron chi connectivity index (χ0n) is 16.8. The van der Waals surface area contributed by atoms with Crippen LogP contribution in [0, 0.1) is 6.92 Å². The molecule has 0 aliphatic heterocycles. The number of aromatic nitrogens is 2. The molecule has 3 rings (SSSR count). The summed E-state index contributed by atoms with van der Waals surface area (Å²) in [6, 6.07) is 14.3. The number of carbonyl (C=O) groups excluding carboxylic acids is 1. The maximum absolute atomic E-state index is 13.2. The molecule has 6 heteroatoms. The fourth-order valence-corrected chi connectivity index (χ4v) is 2.93. The number of nitrogens with one attached hydrogen (secondary N) is 1. The van der Waals surface area contributed by atoms with E-state index < -0.39 is 17.7 Å². The minimum atomic E-state index is -0.614. The molecule has 0 spiro atoms. The Balaban J connectivity index is 2.12. The summed E-state index contributed by atoms with van der Waals surface area (Å²) in [4.78, 5) is 30.1. The van der Waals surface area contributed by atoms with Gasteiger partial charge in [0.25, 0.3) is 5.56 Å². The SMILES string of the molecule is Cc1ccc(-n2c(C(C)NC(=O)OC(C)(C)C)nc3ccccc3c2=O)cc1. The molecule has 146 valence electrons. The Morgan fingerprint density at radius 3 is 2.39 bits per heavy atom. The smallest absolute Gasteiger partial charge is 0.408 e. The Morgan fingerprint density at radius 2 is 1.75 bits per heavy atom. The Kier molecular flexibility index (Phi) is 5.23. The lowest BCUT2D eigenvalue weighted by Crippen LogP contribution is -2.36. The van der Waals surface area contributed by atoms with E-state index in [9.17, 15) is 9.59 Å². The summed E-state index contributed by atoms with van der Waals surface area (Å²) >= 11 is 0. The first-order valence-electron chi connectivity index (χ1n) is 9.24. The van der Waals surface area contributed by atoms with Crippen LogP contribution in [0.25, 0.3) is 16.6 Å². The number of fused-ring (bicyclic) bond motifs is 1. The molecule has 0 fully saturated rings. The van der Waals surface area contributed by atoms with Crippen LogP contribution in [-0.2, 0) is 4.74 Å². The number of amides is 1. The van der Waals surface area contributed by atoms with Crippen molar-refractivity contribution in [3.8, 4) is 5.69 Å². The number of ether oxygens (including phenoxy) is 1. The van der Waals surface area contributed by atoms with E-state index in [1.807, 2.05) is 43.3 Å². The van der Waals surface area contributed by atoms with Crippen LogP contribution in [0.15, 0.2) is 53.3 Å². The van der Waals surface area contributed by atoms with Crippen molar-refractivity contribution in [3.05, 3.63) is 70.3 Å². The minimum Gasteiger partial charge on any atom is -0.444 e. The summed E-state index contributed by atoms with van der Waals surface area (Å²) in [5.41, 5.74) is 1.58. The second-order valence-corrected chi connectivity index (χ2v) is 7.83. The lowest BCUT2D eigenvalue weighted by molar-refractivity contribution is 0.0505. The molecule has 0 bridgehead atoms. The summed E-state index contributed by atoms with van der Waals surface area (Å²) in [6.07, 6.45) is -0.558. The lowest BCUT2D eigenvalue weighted by Gasteiger charge is -2.23. The normalized spacial score (nSPS) is 12.6. The molecule has 0 aliphatic rings. The van der Waals surface area contributed by atoms with Crippen molar-refractivity contribution in [3.63, 3.8) is 0 Å². The highest BCUT2D eigenvalue weighted by Crippen LogP contribution is 2.19. The van der Waals surface area contributed by atoms with Crippen LogP contribution < -0.4 is 10.9 Å². The minimum absolute atomic E-state index is 0.178. The van der Waals surface area contributed by atoms with Crippen LogP contribution in [0.1, 0.15) is 45.1 Å². The van der Waals surface area contributed by atoms with E-state index in [1.165, 1.54) is 0 Å². The van der Waals surface area contributed by atoms with Gasteiger partial charge < -0.3 is 10.1 Å². The van der Waals surface area contributed by atoms with Crippen molar-refractivity contribution < 1.29 is 9.53 Å². The number of aryl methyl sites for hydroxylation is 1. The number of rotatable bonds is 3. The fourth-order valence-electron chi connectivity index (χ4n) is 2.93. The lowest BCUT2D eigenvalue weighted by atomic mass is 10.2. The van der Waals surface area contributed by atoms with Crippen molar-refractivity contribution in [2.24, 2.45) is 0 Å². The van der Waals surface area contributed by atoms with E-state index in [2.05, 4.69) is 10.3 Å². The van der Waals surface area contributed by atoms with Gasteiger partial charge in [0.2, 0.25) is 0 Å². The zero-order chi connectivity index (χ0) is 20.5. The third-order valence-corrected chi connectivity index (χ3v) is 4.21.